The Morgan fingerprint density at radius 1 is 0.967 bits per heavy atom. The van der Waals surface area contributed by atoms with Gasteiger partial charge in [0, 0.05) is 24.0 Å². The lowest BCUT2D eigenvalue weighted by atomic mass is 10.2. The van der Waals surface area contributed by atoms with Gasteiger partial charge in [0.05, 0.1) is 4.90 Å². The summed E-state index contributed by atoms with van der Waals surface area (Å²) < 4.78 is 28.7. The molecule has 9 heteroatoms. The fourth-order valence-electron chi connectivity index (χ4n) is 2.69. The zero-order valence-corrected chi connectivity index (χ0v) is 17.4. The number of nitrogens with zero attached hydrogens (tertiary/aromatic N) is 2. The largest absolute Gasteiger partial charge is 0.321 e. The maximum absolute atomic E-state index is 12.5. The maximum Gasteiger partial charge on any atom is 0.276 e. The Labute approximate surface area is 174 Å². The Morgan fingerprint density at radius 2 is 1.60 bits per heavy atom. The molecular formula is C21H22N4O4S. The van der Waals surface area contributed by atoms with Crippen LogP contribution in [0.25, 0.3) is 0 Å². The highest BCUT2D eigenvalue weighted by atomic mass is 32.2. The van der Waals surface area contributed by atoms with E-state index in [2.05, 4.69) is 15.1 Å². The normalized spacial score (nSPS) is 11.1. The molecule has 8 nitrogen and oxygen atoms in total. The summed E-state index contributed by atoms with van der Waals surface area (Å²) in [5.41, 5.74) is 1.65. The van der Waals surface area contributed by atoms with Crippen molar-refractivity contribution in [2.45, 2.75) is 31.7 Å². The molecule has 2 aromatic carbocycles. The molecule has 3 aromatic rings. The number of hydrogen-bond donors (Lipinski definition) is 2. The minimum absolute atomic E-state index is 0.118. The number of rotatable bonds is 7. The van der Waals surface area contributed by atoms with Gasteiger partial charge in [0.25, 0.3) is 21.5 Å². The second-order valence-corrected chi connectivity index (χ2v) is 8.41. The number of carbonyl (C=O) groups is 1. The Balaban J connectivity index is 1.70. The molecule has 30 heavy (non-hydrogen) atoms. The van der Waals surface area contributed by atoms with Crippen LogP contribution in [0.4, 0.5) is 11.4 Å². The van der Waals surface area contributed by atoms with Gasteiger partial charge in [-0.2, -0.15) is 5.10 Å². The Hall–Kier alpha value is -3.46. The lowest BCUT2D eigenvalue weighted by Crippen LogP contribution is -2.26. The number of carbonyl (C=O) groups excluding carboxylic acids is 1. The van der Waals surface area contributed by atoms with E-state index < -0.39 is 15.9 Å². The summed E-state index contributed by atoms with van der Waals surface area (Å²) in [5.74, 6) is -0.465. The summed E-state index contributed by atoms with van der Waals surface area (Å²) in [6.45, 7) is 4.22. The third-order valence-corrected chi connectivity index (χ3v) is 5.66. The molecule has 156 valence electrons. The van der Waals surface area contributed by atoms with Crippen LogP contribution in [-0.2, 0) is 16.6 Å². The smallest absolute Gasteiger partial charge is 0.276 e. The molecule has 0 bridgehead atoms. The molecule has 0 aliphatic heterocycles. The third-order valence-electron chi connectivity index (χ3n) is 4.26. The predicted octanol–water partition coefficient (Wildman–Crippen LogP) is 3.01. The summed E-state index contributed by atoms with van der Waals surface area (Å²) in [5, 5.41) is 6.75. The van der Waals surface area contributed by atoms with Crippen LogP contribution in [-0.4, -0.2) is 24.1 Å². The van der Waals surface area contributed by atoms with Crippen LogP contribution in [0.5, 0.6) is 0 Å². The van der Waals surface area contributed by atoms with Gasteiger partial charge in [0.1, 0.15) is 5.69 Å². The van der Waals surface area contributed by atoms with E-state index >= 15 is 0 Å². The van der Waals surface area contributed by atoms with Crippen LogP contribution < -0.4 is 15.6 Å². The average Bonchev–Trinajstić information content (AvgIpc) is 2.71. The topological polar surface area (TPSA) is 110 Å². The van der Waals surface area contributed by atoms with Gasteiger partial charge >= 0.3 is 0 Å². The summed E-state index contributed by atoms with van der Waals surface area (Å²) in [4.78, 5) is 24.3. The monoisotopic (exact) mass is 426 g/mol. The van der Waals surface area contributed by atoms with Crippen LogP contribution >= 0.6 is 0 Å². The van der Waals surface area contributed by atoms with Crippen molar-refractivity contribution in [3.05, 3.63) is 82.3 Å². The summed E-state index contributed by atoms with van der Waals surface area (Å²) >= 11 is 0. The first-order valence-electron chi connectivity index (χ1n) is 9.37. The quantitative estimate of drug-likeness (QED) is 0.603. The number of nitrogens with one attached hydrogen (secondary N) is 2. The summed E-state index contributed by atoms with van der Waals surface area (Å²) in [7, 11) is -3.70. The van der Waals surface area contributed by atoms with E-state index in [4.69, 9.17) is 0 Å². The van der Waals surface area contributed by atoms with Gasteiger partial charge in [-0.05, 0) is 55.8 Å². The molecule has 2 N–H and O–H groups in total. The molecule has 1 amide bonds. The number of amides is 1. The number of hydrogen-bond acceptors (Lipinski definition) is 5. The van der Waals surface area contributed by atoms with E-state index in [0.29, 0.717) is 17.9 Å². The average molecular weight is 426 g/mol. The Morgan fingerprint density at radius 3 is 2.23 bits per heavy atom. The van der Waals surface area contributed by atoms with E-state index in [-0.39, 0.29) is 16.1 Å². The first-order valence-corrected chi connectivity index (χ1v) is 10.9. The fourth-order valence-corrected chi connectivity index (χ4v) is 3.75. The SMILES string of the molecule is CCCn1nc(C(=O)Nc2ccc(NS(=O)(=O)c3ccc(C)cc3)cc2)ccc1=O. The predicted molar refractivity (Wildman–Crippen MR) is 115 cm³/mol. The van der Waals surface area contributed by atoms with Gasteiger partial charge in [-0.15, -0.1) is 0 Å². The number of benzene rings is 2. The Bertz CT molecular complexity index is 1200. The zero-order chi connectivity index (χ0) is 21.7. The molecule has 0 spiro atoms. The molecule has 0 saturated carbocycles. The lowest BCUT2D eigenvalue weighted by molar-refractivity contribution is 0.101. The molecule has 3 rings (SSSR count). The molecule has 0 unspecified atom stereocenters. The summed E-state index contributed by atoms with van der Waals surface area (Å²) in [6.07, 6.45) is 0.720. The van der Waals surface area contributed by atoms with E-state index in [1.165, 1.54) is 28.9 Å². The highest BCUT2D eigenvalue weighted by Crippen LogP contribution is 2.19. The van der Waals surface area contributed by atoms with Crippen LogP contribution in [0.3, 0.4) is 0 Å². The minimum Gasteiger partial charge on any atom is -0.321 e. The first kappa shape index (κ1) is 21.3. The molecule has 0 radical (unpaired) electrons. The number of aryl methyl sites for hydroxylation is 2. The molecular weight excluding hydrogens is 404 g/mol. The minimum atomic E-state index is -3.70. The highest BCUT2D eigenvalue weighted by molar-refractivity contribution is 7.92. The van der Waals surface area contributed by atoms with E-state index in [9.17, 15) is 18.0 Å². The Kier molecular flexibility index (Phi) is 6.31. The third kappa shape index (κ3) is 5.12. The van der Waals surface area contributed by atoms with Gasteiger partial charge < -0.3 is 5.32 Å². The van der Waals surface area contributed by atoms with Crippen LogP contribution in [0.2, 0.25) is 0 Å². The summed E-state index contributed by atoms with van der Waals surface area (Å²) in [6, 6.07) is 15.5. The molecule has 0 fully saturated rings. The highest BCUT2D eigenvalue weighted by Gasteiger charge is 2.14. The standard InChI is InChI=1S/C21H22N4O4S/c1-3-14-25-20(26)13-12-19(23-25)21(27)22-16-6-8-17(9-7-16)24-30(28,29)18-10-4-15(2)5-11-18/h4-13,24H,3,14H2,1-2H3,(H,22,27). The van der Waals surface area contributed by atoms with Crippen molar-refractivity contribution < 1.29 is 13.2 Å². The number of sulfonamides is 1. The van der Waals surface area contributed by atoms with E-state index in [1.807, 2.05) is 13.8 Å². The van der Waals surface area contributed by atoms with Crippen molar-refractivity contribution in [2.75, 3.05) is 10.0 Å². The van der Waals surface area contributed by atoms with E-state index in [0.717, 1.165) is 12.0 Å². The maximum atomic E-state index is 12.5. The van der Waals surface area contributed by atoms with Gasteiger partial charge in [-0.1, -0.05) is 24.6 Å². The van der Waals surface area contributed by atoms with Gasteiger partial charge in [0.2, 0.25) is 0 Å². The van der Waals surface area contributed by atoms with E-state index in [1.54, 1.807) is 36.4 Å². The zero-order valence-electron chi connectivity index (χ0n) is 16.6. The fraction of sp³-hybridized carbons (Fsp3) is 0.190. The second kappa shape index (κ2) is 8.91. The molecule has 0 aliphatic rings. The van der Waals surface area contributed by atoms with Crippen molar-refractivity contribution in [3.63, 3.8) is 0 Å². The second-order valence-electron chi connectivity index (χ2n) is 6.73. The molecule has 1 heterocycles. The van der Waals surface area contributed by atoms with Crippen LogP contribution in [0.1, 0.15) is 29.4 Å². The molecule has 0 saturated heterocycles. The van der Waals surface area contributed by atoms with Crippen molar-refractivity contribution in [3.8, 4) is 0 Å². The molecule has 1 aromatic heterocycles. The van der Waals surface area contributed by atoms with Gasteiger partial charge in [-0.3, -0.25) is 14.3 Å². The van der Waals surface area contributed by atoms with Crippen molar-refractivity contribution in [2.24, 2.45) is 0 Å². The van der Waals surface area contributed by atoms with Gasteiger partial charge in [-0.25, -0.2) is 13.1 Å². The van der Waals surface area contributed by atoms with Crippen LogP contribution in [0.15, 0.2) is 70.4 Å². The molecule has 0 atom stereocenters. The van der Waals surface area contributed by atoms with Crippen LogP contribution in [0, 0.1) is 6.92 Å². The first-order chi connectivity index (χ1) is 14.3. The lowest BCUT2D eigenvalue weighted by Gasteiger charge is -2.10. The number of aromatic nitrogens is 2. The molecule has 0 aliphatic carbocycles. The van der Waals surface area contributed by atoms with Crippen molar-refractivity contribution >= 4 is 27.3 Å². The van der Waals surface area contributed by atoms with Crippen molar-refractivity contribution in [1.29, 1.82) is 0 Å². The van der Waals surface area contributed by atoms with Crippen molar-refractivity contribution in [1.82, 2.24) is 9.78 Å². The number of anilines is 2. The van der Waals surface area contributed by atoms with Gasteiger partial charge in [0.15, 0.2) is 0 Å².